The van der Waals surface area contributed by atoms with Gasteiger partial charge < -0.3 is 19.6 Å². The van der Waals surface area contributed by atoms with Crippen molar-refractivity contribution in [2.75, 3.05) is 18.9 Å². The molecule has 2 rings (SSSR count). The quantitative estimate of drug-likeness (QED) is 0.335. The van der Waals surface area contributed by atoms with Crippen molar-refractivity contribution in [3.8, 4) is 11.5 Å². The van der Waals surface area contributed by atoms with Crippen molar-refractivity contribution in [3.63, 3.8) is 0 Å². The van der Waals surface area contributed by atoms with Crippen LogP contribution in [0.5, 0.6) is 11.5 Å². The van der Waals surface area contributed by atoms with Gasteiger partial charge in [-0.15, -0.1) is 0 Å². The summed E-state index contributed by atoms with van der Waals surface area (Å²) in [6.45, 7) is 10.9. The normalized spacial score (nSPS) is 12.1. The number of hydrogen-bond donors (Lipinski definition) is 1. The Morgan fingerprint density at radius 1 is 0.931 bits per heavy atom. The summed E-state index contributed by atoms with van der Waals surface area (Å²) >= 11 is 0. The van der Waals surface area contributed by atoms with E-state index in [0.29, 0.717) is 6.61 Å². The maximum absolute atomic E-state index is 14.3. The monoisotopic (exact) mass is 427 g/mol. The Bertz CT molecular complexity index is 854. The average Bonchev–Trinajstić information content (AvgIpc) is 2.62. The Balaban J connectivity index is 2.05. The molecule has 4 nitrogen and oxygen atoms in total. The molecule has 0 saturated heterocycles. The van der Waals surface area contributed by atoms with Crippen LogP contribution in [0.15, 0.2) is 30.3 Å². The number of benzene rings is 2. The van der Waals surface area contributed by atoms with Gasteiger partial charge in [0.25, 0.3) is 0 Å². The van der Waals surface area contributed by atoms with Crippen molar-refractivity contribution < 1.29 is 27.1 Å². The Labute approximate surface area is 170 Å². The second kappa shape index (κ2) is 9.09. The molecule has 0 aliphatic carbocycles. The maximum atomic E-state index is 14.3. The van der Waals surface area contributed by atoms with E-state index in [4.69, 9.17) is 19.6 Å². The van der Waals surface area contributed by atoms with Crippen molar-refractivity contribution in [1.82, 2.24) is 0 Å². The van der Waals surface area contributed by atoms with Crippen LogP contribution in [0.4, 0.5) is 18.9 Å². The smallest absolute Gasteiger partial charge is 0.192 e. The van der Waals surface area contributed by atoms with E-state index >= 15 is 0 Å². The number of nitrogens with two attached hydrogens (primary N) is 1. The van der Waals surface area contributed by atoms with Gasteiger partial charge in [0.1, 0.15) is 30.5 Å². The molecule has 0 amide bonds. The minimum absolute atomic E-state index is 0.0605. The predicted octanol–water partition coefficient (Wildman–Crippen LogP) is 5.67. The van der Waals surface area contributed by atoms with Gasteiger partial charge in [0.15, 0.2) is 20.0 Å². The molecule has 8 heteroatoms. The lowest BCUT2D eigenvalue weighted by atomic mass is 10.2. The number of hydrogen-bond acceptors (Lipinski definition) is 4. The molecule has 2 aromatic carbocycles. The molecule has 0 saturated carbocycles. The number of nitrogen functional groups attached to an aromatic ring is 1. The first kappa shape index (κ1) is 23.1. The summed E-state index contributed by atoms with van der Waals surface area (Å²) in [5.74, 6) is -2.24. The summed E-state index contributed by atoms with van der Waals surface area (Å²) in [5, 5.41) is 0.0605. The van der Waals surface area contributed by atoms with Gasteiger partial charge in [-0.25, -0.2) is 13.2 Å². The van der Waals surface area contributed by atoms with Crippen molar-refractivity contribution in [1.29, 1.82) is 0 Å². The highest BCUT2D eigenvalue weighted by Gasteiger charge is 2.36. The van der Waals surface area contributed by atoms with E-state index in [1.165, 1.54) is 18.2 Å². The molecule has 0 aromatic heterocycles. The minimum atomic E-state index is -1.93. The molecule has 0 aliphatic rings. The topological polar surface area (TPSA) is 53.7 Å². The summed E-state index contributed by atoms with van der Waals surface area (Å²) in [4.78, 5) is 0. The first-order valence-electron chi connectivity index (χ1n) is 9.34. The minimum Gasteiger partial charge on any atom is -0.491 e. The second-order valence-electron chi connectivity index (χ2n) is 8.27. The summed E-state index contributed by atoms with van der Waals surface area (Å²) in [6, 6.07) is 6.13. The average molecular weight is 428 g/mol. The Morgan fingerprint density at radius 2 is 1.59 bits per heavy atom. The molecule has 0 atom stereocenters. The molecule has 0 radical (unpaired) electrons. The van der Waals surface area contributed by atoms with E-state index in [-0.39, 0.29) is 41.0 Å². The predicted molar refractivity (Wildman–Crippen MR) is 110 cm³/mol. The van der Waals surface area contributed by atoms with E-state index in [1.807, 2.05) is 0 Å². The van der Waals surface area contributed by atoms with Crippen LogP contribution >= 0.6 is 0 Å². The highest BCUT2D eigenvalue weighted by atomic mass is 28.4. The highest BCUT2D eigenvalue weighted by Crippen LogP contribution is 2.36. The van der Waals surface area contributed by atoms with Crippen molar-refractivity contribution in [2.24, 2.45) is 0 Å². The van der Waals surface area contributed by atoms with Crippen LogP contribution in [0.1, 0.15) is 26.3 Å². The van der Waals surface area contributed by atoms with Crippen molar-refractivity contribution in [3.05, 3.63) is 53.3 Å². The summed E-state index contributed by atoms with van der Waals surface area (Å²) in [5.41, 5.74) is 5.33. The second-order valence-corrected chi connectivity index (χ2v) is 13.1. The molecular weight excluding hydrogens is 399 g/mol. The Hall–Kier alpha value is -2.19. The molecule has 2 N–H and O–H groups in total. The van der Waals surface area contributed by atoms with Gasteiger partial charge in [-0.3, -0.25) is 0 Å². The molecule has 0 bridgehead atoms. The summed E-state index contributed by atoms with van der Waals surface area (Å²) < 4.78 is 58.4. The lowest BCUT2D eigenvalue weighted by Crippen LogP contribution is -2.41. The zero-order chi connectivity index (χ0) is 21.8. The van der Waals surface area contributed by atoms with Crippen LogP contribution in [0.2, 0.25) is 18.1 Å². The van der Waals surface area contributed by atoms with Crippen LogP contribution in [-0.4, -0.2) is 21.5 Å². The van der Waals surface area contributed by atoms with E-state index < -0.39 is 25.8 Å². The molecule has 0 aliphatic heterocycles. The zero-order valence-electron chi connectivity index (χ0n) is 17.4. The van der Waals surface area contributed by atoms with Gasteiger partial charge in [0.2, 0.25) is 0 Å². The standard InChI is InChI=1S/C21H28F3NO3Si/c1-21(2,3)29(4,5)28-11-10-26-19-9-8-17(23)20(24)15(19)13-27-14-6-7-16(22)18(25)12-14/h6-9,12H,10-11,13,25H2,1-5H3. The van der Waals surface area contributed by atoms with E-state index in [9.17, 15) is 13.2 Å². The summed E-state index contributed by atoms with van der Waals surface area (Å²) in [7, 11) is -1.93. The third-order valence-electron chi connectivity index (χ3n) is 5.11. The molecule has 0 spiro atoms. The third kappa shape index (κ3) is 5.90. The van der Waals surface area contributed by atoms with E-state index in [0.717, 1.165) is 12.1 Å². The summed E-state index contributed by atoms with van der Waals surface area (Å²) in [6.07, 6.45) is 0. The van der Waals surface area contributed by atoms with Crippen molar-refractivity contribution >= 4 is 14.0 Å². The van der Waals surface area contributed by atoms with Gasteiger partial charge in [-0.1, -0.05) is 20.8 Å². The first-order chi connectivity index (χ1) is 13.4. The lowest BCUT2D eigenvalue weighted by molar-refractivity contribution is 0.197. The first-order valence-corrected chi connectivity index (χ1v) is 12.2. The number of ether oxygens (including phenoxy) is 2. The number of rotatable bonds is 8. The SMILES string of the molecule is CC(C)(C)[Si](C)(C)OCCOc1ccc(F)c(F)c1COc1ccc(F)c(N)c1. The fourth-order valence-electron chi connectivity index (χ4n) is 2.28. The maximum Gasteiger partial charge on any atom is 0.192 e. The Morgan fingerprint density at radius 3 is 2.21 bits per heavy atom. The molecule has 0 fully saturated rings. The molecule has 0 heterocycles. The van der Waals surface area contributed by atoms with Crippen molar-refractivity contribution in [2.45, 2.75) is 45.5 Å². The molecule has 2 aromatic rings. The van der Waals surface area contributed by atoms with Crippen LogP contribution in [0.25, 0.3) is 0 Å². The third-order valence-corrected chi connectivity index (χ3v) is 9.65. The van der Waals surface area contributed by atoms with E-state index in [2.05, 4.69) is 33.9 Å². The van der Waals surface area contributed by atoms with Gasteiger partial charge in [0, 0.05) is 6.07 Å². The fourth-order valence-corrected chi connectivity index (χ4v) is 3.30. The van der Waals surface area contributed by atoms with Gasteiger partial charge in [0.05, 0.1) is 17.9 Å². The van der Waals surface area contributed by atoms with Crippen LogP contribution in [0.3, 0.4) is 0 Å². The van der Waals surface area contributed by atoms with Crippen LogP contribution < -0.4 is 15.2 Å². The number of halogens is 3. The molecule has 0 unspecified atom stereocenters. The van der Waals surface area contributed by atoms with Gasteiger partial charge in [-0.05, 0) is 42.4 Å². The highest BCUT2D eigenvalue weighted by molar-refractivity contribution is 6.74. The molecular formula is C21H28F3NO3Si. The fraction of sp³-hybridized carbons (Fsp3) is 0.429. The van der Waals surface area contributed by atoms with Crippen LogP contribution in [-0.2, 0) is 11.0 Å². The molecule has 29 heavy (non-hydrogen) atoms. The zero-order valence-corrected chi connectivity index (χ0v) is 18.4. The molecule has 160 valence electrons. The van der Waals surface area contributed by atoms with Gasteiger partial charge >= 0.3 is 0 Å². The largest absolute Gasteiger partial charge is 0.491 e. The van der Waals surface area contributed by atoms with Crippen LogP contribution in [0, 0.1) is 17.5 Å². The number of anilines is 1. The Kier molecular flexibility index (Phi) is 7.23. The lowest BCUT2D eigenvalue weighted by Gasteiger charge is -2.36. The van der Waals surface area contributed by atoms with E-state index in [1.54, 1.807) is 0 Å². The van der Waals surface area contributed by atoms with Gasteiger partial charge in [-0.2, -0.15) is 0 Å².